The summed E-state index contributed by atoms with van der Waals surface area (Å²) in [7, 11) is 3.16. The van der Waals surface area contributed by atoms with Gasteiger partial charge in [-0.3, -0.25) is 9.59 Å². The van der Waals surface area contributed by atoms with Gasteiger partial charge in [-0.05, 0) is 40.9 Å². The number of hydrogen-bond acceptors (Lipinski definition) is 7. The molecule has 1 atom stereocenters. The van der Waals surface area contributed by atoms with Gasteiger partial charge in [0.15, 0.2) is 12.4 Å². The predicted molar refractivity (Wildman–Crippen MR) is 114 cm³/mol. The molecule has 1 aromatic rings. The molecule has 4 nitrogen and oxygen atoms in total. The normalized spacial score (nSPS) is 12.4. The second-order valence-corrected chi connectivity index (χ2v) is 17.0. The van der Waals surface area contributed by atoms with Crippen LogP contribution in [0.2, 0.25) is 0 Å². The maximum Gasteiger partial charge on any atom is 0.325 e. The standard InChI is InChI=1S/C15H23NO3P2S3/c1-20(2)23-16-13(11-22-24-21(3)4)15(18)19-10-14(17)12-8-6-5-7-9-12/h5-9,13,16H,10-11H2,1-4H3/t13-/m0/s1. The fourth-order valence-corrected chi connectivity index (χ4v) is 7.40. The molecule has 0 aliphatic heterocycles. The number of carbonyl (C=O) groups excluding carboxylic acids is 2. The van der Waals surface area contributed by atoms with Gasteiger partial charge in [0, 0.05) is 11.3 Å². The third kappa shape index (κ3) is 9.65. The number of rotatable bonds is 11. The molecule has 9 heteroatoms. The highest BCUT2D eigenvalue weighted by Crippen LogP contribution is 2.50. The third-order valence-corrected chi connectivity index (χ3v) is 10.8. The highest BCUT2D eigenvalue weighted by molar-refractivity contribution is 8.98. The molecule has 0 aromatic heterocycles. The number of benzene rings is 1. The quantitative estimate of drug-likeness (QED) is 0.182. The molecule has 0 aliphatic carbocycles. The van der Waals surface area contributed by atoms with Gasteiger partial charge in [0.1, 0.15) is 6.04 Å². The molecule has 24 heavy (non-hydrogen) atoms. The minimum absolute atomic E-state index is 0.0777. The summed E-state index contributed by atoms with van der Waals surface area (Å²) < 4.78 is 8.42. The van der Waals surface area contributed by atoms with E-state index < -0.39 is 6.04 Å². The fraction of sp³-hybridized carbons (Fsp3) is 0.467. The molecule has 0 spiro atoms. The monoisotopic (exact) mass is 423 g/mol. The number of hydrogen-bond donors (Lipinski definition) is 1. The summed E-state index contributed by atoms with van der Waals surface area (Å²) in [4.78, 5) is 24.3. The molecule has 0 amide bonds. The lowest BCUT2D eigenvalue weighted by Gasteiger charge is -2.18. The summed E-state index contributed by atoms with van der Waals surface area (Å²) in [5, 5.41) is 0. The van der Waals surface area contributed by atoms with Crippen LogP contribution >= 0.6 is 47.0 Å². The van der Waals surface area contributed by atoms with Gasteiger partial charge in [-0.1, -0.05) is 63.1 Å². The van der Waals surface area contributed by atoms with E-state index in [2.05, 4.69) is 31.4 Å². The van der Waals surface area contributed by atoms with Crippen LogP contribution in [0.5, 0.6) is 0 Å². The van der Waals surface area contributed by atoms with E-state index in [1.165, 1.54) is 0 Å². The number of esters is 1. The first kappa shape index (κ1) is 22.3. The molecule has 0 fully saturated rings. The van der Waals surface area contributed by atoms with E-state index in [-0.39, 0.29) is 32.6 Å². The van der Waals surface area contributed by atoms with Crippen LogP contribution in [-0.2, 0) is 9.53 Å². The van der Waals surface area contributed by atoms with Crippen molar-refractivity contribution in [2.75, 3.05) is 39.0 Å². The summed E-state index contributed by atoms with van der Waals surface area (Å²) in [6, 6.07) is 8.47. The molecule has 0 unspecified atom stereocenters. The Kier molecular flexibility index (Phi) is 11.7. The van der Waals surface area contributed by atoms with Crippen molar-refractivity contribution >= 4 is 58.8 Å². The molecule has 1 aromatic carbocycles. The molecule has 134 valence electrons. The molecule has 0 radical (unpaired) electrons. The van der Waals surface area contributed by atoms with Crippen LogP contribution in [-0.4, -0.2) is 56.8 Å². The van der Waals surface area contributed by atoms with Crippen LogP contribution in [0, 0.1) is 0 Å². The van der Waals surface area contributed by atoms with E-state index in [1.807, 2.05) is 6.07 Å². The van der Waals surface area contributed by atoms with Gasteiger partial charge in [-0.15, -0.1) is 0 Å². The van der Waals surface area contributed by atoms with Gasteiger partial charge in [0.05, 0.1) is 0 Å². The van der Waals surface area contributed by atoms with Gasteiger partial charge < -0.3 is 4.74 Å². The average molecular weight is 424 g/mol. The van der Waals surface area contributed by atoms with Crippen molar-refractivity contribution < 1.29 is 14.3 Å². The zero-order valence-electron chi connectivity index (χ0n) is 14.2. The van der Waals surface area contributed by atoms with Crippen LogP contribution in [0.15, 0.2) is 30.3 Å². The molecule has 0 bridgehead atoms. The van der Waals surface area contributed by atoms with Gasteiger partial charge in [-0.2, -0.15) is 0 Å². The Hall–Kier alpha value is 0.230. The molecule has 0 heterocycles. The van der Waals surface area contributed by atoms with E-state index in [0.29, 0.717) is 11.3 Å². The van der Waals surface area contributed by atoms with Gasteiger partial charge in [0.2, 0.25) is 0 Å². The summed E-state index contributed by atoms with van der Waals surface area (Å²) in [5.74, 6) is 0.0733. The van der Waals surface area contributed by atoms with E-state index in [1.54, 1.807) is 57.0 Å². The summed E-state index contributed by atoms with van der Waals surface area (Å²) in [6.45, 7) is 8.38. The minimum atomic E-state index is -0.407. The van der Waals surface area contributed by atoms with Gasteiger partial charge in [-0.25, -0.2) is 4.72 Å². The molecule has 1 rings (SSSR count). The Morgan fingerprint density at radius 3 is 2.38 bits per heavy atom. The predicted octanol–water partition coefficient (Wildman–Crippen LogP) is 4.71. The first-order valence-corrected chi connectivity index (χ1v) is 16.0. The molecule has 1 N–H and O–H groups in total. The smallest absolute Gasteiger partial charge is 0.325 e. The summed E-state index contributed by atoms with van der Waals surface area (Å²) >= 11 is 1.57. The lowest BCUT2D eigenvalue weighted by atomic mass is 10.1. The van der Waals surface area contributed by atoms with E-state index in [9.17, 15) is 9.59 Å². The zero-order chi connectivity index (χ0) is 17.9. The highest BCUT2D eigenvalue weighted by Gasteiger charge is 2.22. The second-order valence-electron chi connectivity index (χ2n) is 5.14. The third-order valence-electron chi connectivity index (χ3n) is 2.54. The Labute approximate surface area is 158 Å². The van der Waals surface area contributed by atoms with Crippen molar-refractivity contribution in [3.8, 4) is 0 Å². The molecule has 0 saturated heterocycles. The van der Waals surface area contributed by atoms with Crippen molar-refractivity contribution in [3.63, 3.8) is 0 Å². The van der Waals surface area contributed by atoms with Crippen molar-refractivity contribution in [2.24, 2.45) is 0 Å². The van der Waals surface area contributed by atoms with Gasteiger partial charge in [0.25, 0.3) is 0 Å². The first-order valence-electron chi connectivity index (χ1n) is 7.21. The molecule has 0 saturated carbocycles. The lowest BCUT2D eigenvalue weighted by molar-refractivity contribution is -0.143. The maximum absolute atomic E-state index is 12.3. The van der Waals surface area contributed by atoms with Crippen LogP contribution in [0.4, 0.5) is 0 Å². The molecule has 0 aliphatic rings. The Morgan fingerprint density at radius 1 is 1.12 bits per heavy atom. The van der Waals surface area contributed by atoms with Crippen LogP contribution in [0.1, 0.15) is 10.4 Å². The zero-order valence-corrected chi connectivity index (χ0v) is 18.5. The van der Waals surface area contributed by atoms with Crippen molar-refractivity contribution in [1.82, 2.24) is 4.72 Å². The van der Waals surface area contributed by atoms with E-state index in [0.717, 1.165) is 0 Å². The topological polar surface area (TPSA) is 55.4 Å². The highest BCUT2D eigenvalue weighted by atomic mass is 33.3. The number of nitrogens with one attached hydrogen (secondary N) is 1. The minimum Gasteiger partial charge on any atom is -0.456 e. The van der Waals surface area contributed by atoms with Crippen molar-refractivity contribution in [2.45, 2.75) is 6.04 Å². The SMILES string of the molecule is CP(C)SN[C@@H](CSSP(C)C)C(=O)OCC(=O)c1ccccc1. The van der Waals surface area contributed by atoms with E-state index in [4.69, 9.17) is 4.74 Å². The summed E-state index contributed by atoms with van der Waals surface area (Å²) in [6.07, 6.45) is 0. The number of carbonyl (C=O) groups is 2. The van der Waals surface area contributed by atoms with Crippen LogP contribution in [0.3, 0.4) is 0 Å². The Morgan fingerprint density at radius 2 is 1.79 bits per heavy atom. The maximum atomic E-state index is 12.3. The van der Waals surface area contributed by atoms with E-state index >= 15 is 0 Å². The first-order chi connectivity index (χ1) is 11.4. The lowest BCUT2D eigenvalue weighted by Crippen LogP contribution is -2.36. The Balaban J connectivity index is 2.51. The van der Waals surface area contributed by atoms with Crippen LogP contribution in [0.25, 0.3) is 0 Å². The second kappa shape index (κ2) is 12.6. The van der Waals surface area contributed by atoms with Crippen molar-refractivity contribution in [3.05, 3.63) is 35.9 Å². The fourth-order valence-electron chi connectivity index (χ4n) is 1.47. The Bertz CT molecular complexity index is 518. The number of Topliss-reactive ketones (excluding diaryl/α,β-unsaturated/α-hetero) is 1. The summed E-state index contributed by atoms with van der Waals surface area (Å²) in [5.41, 5.74) is 0.558. The van der Waals surface area contributed by atoms with Gasteiger partial charge >= 0.3 is 5.97 Å². The van der Waals surface area contributed by atoms with Crippen molar-refractivity contribution in [1.29, 1.82) is 0 Å². The average Bonchev–Trinajstić information content (AvgIpc) is 2.55. The molecular formula is C15H23NO3P2S3. The number of ketones is 1. The number of ether oxygens (including phenoxy) is 1. The van der Waals surface area contributed by atoms with Crippen LogP contribution < -0.4 is 4.72 Å². The largest absolute Gasteiger partial charge is 0.456 e. The molecular weight excluding hydrogens is 400 g/mol.